The standard InChI is InChI=1S/C19H35NO3/c1-18(2,3)23-17-9-5-4-8-16(17)20-13-15-7-6-10-19(22-15)11-12-21-14-19/h15-17,20H,4-14H2,1-3H3/t15?,16-,17-,19?/m0/s1. The van der Waals surface area contributed by atoms with Crippen molar-refractivity contribution in [2.45, 2.75) is 102 Å². The monoisotopic (exact) mass is 325 g/mol. The lowest BCUT2D eigenvalue weighted by Crippen LogP contribution is -2.51. The molecule has 0 radical (unpaired) electrons. The van der Waals surface area contributed by atoms with Crippen LogP contribution in [0.3, 0.4) is 0 Å². The van der Waals surface area contributed by atoms with Crippen molar-refractivity contribution in [2.24, 2.45) is 0 Å². The van der Waals surface area contributed by atoms with Crippen LogP contribution in [0.25, 0.3) is 0 Å². The molecule has 2 saturated heterocycles. The van der Waals surface area contributed by atoms with Gasteiger partial charge in [-0.15, -0.1) is 0 Å². The molecular formula is C19H35NO3. The van der Waals surface area contributed by atoms with E-state index in [0.29, 0.717) is 18.2 Å². The highest BCUT2D eigenvalue weighted by molar-refractivity contribution is 4.91. The van der Waals surface area contributed by atoms with Gasteiger partial charge in [-0.05, 0) is 52.9 Å². The third-order valence-electron chi connectivity index (χ3n) is 5.46. The van der Waals surface area contributed by atoms with Crippen LogP contribution in [0.2, 0.25) is 0 Å². The largest absolute Gasteiger partial charge is 0.378 e. The molecular weight excluding hydrogens is 290 g/mol. The van der Waals surface area contributed by atoms with E-state index < -0.39 is 0 Å². The van der Waals surface area contributed by atoms with Crippen molar-refractivity contribution in [3.63, 3.8) is 0 Å². The van der Waals surface area contributed by atoms with Crippen LogP contribution in [0.5, 0.6) is 0 Å². The van der Waals surface area contributed by atoms with E-state index in [1.165, 1.54) is 44.9 Å². The Kier molecular flexibility index (Phi) is 5.67. The van der Waals surface area contributed by atoms with Crippen LogP contribution in [0.15, 0.2) is 0 Å². The van der Waals surface area contributed by atoms with Crippen LogP contribution in [0.1, 0.15) is 72.1 Å². The summed E-state index contributed by atoms with van der Waals surface area (Å²) in [7, 11) is 0. The molecule has 0 aromatic rings. The molecule has 3 aliphatic rings. The minimum atomic E-state index is -0.0610. The molecule has 2 heterocycles. The van der Waals surface area contributed by atoms with Crippen LogP contribution < -0.4 is 5.32 Å². The number of hydrogen-bond acceptors (Lipinski definition) is 4. The molecule has 2 unspecified atom stereocenters. The van der Waals surface area contributed by atoms with Gasteiger partial charge in [-0.25, -0.2) is 0 Å². The SMILES string of the molecule is CC(C)(C)O[C@H]1CCCC[C@@H]1NCC1CCCC2(CCOC2)O1. The predicted molar refractivity (Wildman–Crippen MR) is 91.8 cm³/mol. The second-order valence-electron chi connectivity index (χ2n) is 8.69. The molecule has 3 rings (SSSR count). The average Bonchev–Trinajstić information content (AvgIpc) is 2.93. The van der Waals surface area contributed by atoms with Gasteiger partial charge in [-0.2, -0.15) is 0 Å². The van der Waals surface area contributed by atoms with Crippen molar-refractivity contribution in [3.8, 4) is 0 Å². The molecule has 0 bridgehead atoms. The van der Waals surface area contributed by atoms with E-state index in [-0.39, 0.29) is 11.2 Å². The molecule has 134 valence electrons. The van der Waals surface area contributed by atoms with Crippen LogP contribution in [-0.4, -0.2) is 49.2 Å². The first-order valence-electron chi connectivity index (χ1n) is 9.63. The van der Waals surface area contributed by atoms with Gasteiger partial charge in [0, 0.05) is 25.6 Å². The Balaban J connectivity index is 1.49. The van der Waals surface area contributed by atoms with E-state index in [0.717, 1.165) is 26.2 Å². The molecule has 4 nitrogen and oxygen atoms in total. The first kappa shape index (κ1) is 17.7. The fourth-order valence-corrected chi connectivity index (χ4v) is 4.35. The maximum absolute atomic E-state index is 6.43. The summed E-state index contributed by atoms with van der Waals surface area (Å²) < 4.78 is 18.3. The Morgan fingerprint density at radius 2 is 1.91 bits per heavy atom. The van der Waals surface area contributed by atoms with Gasteiger partial charge >= 0.3 is 0 Å². The van der Waals surface area contributed by atoms with Crippen molar-refractivity contribution in [1.29, 1.82) is 0 Å². The zero-order valence-electron chi connectivity index (χ0n) is 15.2. The fraction of sp³-hybridized carbons (Fsp3) is 1.00. The van der Waals surface area contributed by atoms with Crippen LogP contribution >= 0.6 is 0 Å². The van der Waals surface area contributed by atoms with Gasteiger partial charge in [-0.3, -0.25) is 0 Å². The summed E-state index contributed by atoms with van der Waals surface area (Å²) in [4.78, 5) is 0. The molecule has 4 atom stereocenters. The van der Waals surface area contributed by atoms with E-state index in [4.69, 9.17) is 14.2 Å². The van der Waals surface area contributed by atoms with E-state index >= 15 is 0 Å². The second-order valence-corrected chi connectivity index (χ2v) is 8.69. The zero-order chi connectivity index (χ0) is 16.3. The van der Waals surface area contributed by atoms with Crippen LogP contribution in [-0.2, 0) is 14.2 Å². The van der Waals surface area contributed by atoms with Crippen LogP contribution in [0.4, 0.5) is 0 Å². The molecule has 1 saturated carbocycles. The molecule has 23 heavy (non-hydrogen) atoms. The highest BCUT2D eigenvalue weighted by atomic mass is 16.6. The first-order chi connectivity index (χ1) is 11.0. The van der Waals surface area contributed by atoms with Crippen molar-refractivity contribution in [3.05, 3.63) is 0 Å². The molecule has 1 aliphatic carbocycles. The Morgan fingerprint density at radius 3 is 2.65 bits per heavy atom. The molecule has 4 heteroatoms. The number of nitrogens with one attached hydrogen (secondary N) is 1. The molecule has 0 amide bonds. The summed E-state index contributed by atoms with van der Waals surface area (Å²) in [5, 5.41) is 3.78. The van der Waals surface area contributed by atoms with E-state index in [2.05, 4.69) is 26.1 Å². The molecule has 1 N–H and O–H groups in total. The molecule has 0 aromatic heterocycles. The Hall–Kier alpha value is -0.160. The topological polar surface area (TPSA) is 39.7 Å². The Morgan fingerprint density at radius 1 is 1.09 bits per heavy atom. The third-order valence-corrected chi connectivity index (χ3v) is 5.46. The molecule has 3 fully saturated rings. The minimum absolute atomic E-state index is 0.0263. The van der Waals surface area contributed by atoms with Gasteiger partial charge in [0.25, 0.3) is 0 Å². The number of hydrogen-bond donors (Lipinski definition) is 1. The minimum Gasteiger partial charge on any atom is -0.378 e. The van der Waals surface area contributed by atoms with Gasteiger partial charge in [-0.1, -0.05) is 12.8 Å². The van der Waals surface area contributed by atoms with Crippen molar-refractivity contribution in [2.75, 3.05) is 19.8 Å². The Bertz CT molecular complexity index is 373. The second kappa shape index (κ2) is 7.38. The van der Waals surface area contributed by atoms with E-state index in [9.17, 15) is 0 Å². The first-order valence-corrected chi connectivity index (χ1v) is 9.63. The van der Waals surface area contributed by atoms with Gasteiger partial charge in [0.1, 0.15) is 0 Å². The average molecular weight is 325 g/mol. The summed E-state index contributed by atoms with van der Waals surface area (Å²) in [6.07, 6.45) is 10.4. The number of rotatable bonds is 4. The summed E-state index contributed by atoms with van der Waals surface area (Å²) in [6.45, 7) is 9.09. The predicted octanol–water partition coefficient (Wildman–Crippen LogP) is 3.43. The summed E-state index contributed by atoms with van der Waals surface area (Å²) in [5.74, 6) is 0. The Labute approximate surface area is 141 Å². The highest BCUT2D eigenvalue weighted by Gasteiger charge is 2.41. The summed E-state index contributed by atoms with van der Waals surface area (Å²) in [6, 6.07) is 0.476. The van der Waals surface area contributed by atoms with Crippen molar-refractivity contribution < 1.29 is 14.2 Å². The lowest BCUT2D eigenvalue weighted by molar-refractivity contribution is -0.130. The highest BCUT2D eigenvalue weighted by Crippen LogP contribution is 2.35. The van der Waals surface area contributed by atoms with Gasteiger partial charge in [0.05, 0.1) is 30.0 Å². The third kappa shape index (κ3) is 4.91. The van der Waals surface area contributed by atoms with Crippen LogP contribution in [0, 0.1) is 0 Å². The maximum atomic E-state index is 6.43. The lowest BCUT2D eigenvalue weighted by atomic mass is 9.89. The van der Waals surface area contributed by atoms with Crippen molar-refractivity contribution >= 4 is 0 Å². The van der Waals surface area contributed by atoms with Gasteiger partial charge in [0.2, 0.25) is 0 Å². The van der Waals surface area contributed by atoms with E-state index in [1.54, 1.807) is 0 Å². The number of ether oxygens (including phenoxy) is 3. The normalized spacial score (nSPS) is 39.0. The zero-order valence-corrected chi connectivity index (χ0v) is 15.2. The van der Waals surface area contributed by atoms with Gasteiger partial charge < -0.3 is 19.5 Å². The quantitative estimate of drug-likeness (QED) is 0.859. The van der Waals surface area contributed by atoms with Gasteiger partial charge in [0.15, 0.2) is 0 Å². The smallest absolute Gasteiger partial charge is 0.0941 e. The fourth-order valence-electron chi connectivity index (χ4n) is 4.35. The summed E-state index contributed by atoms with van der Waals surface area (Å²) in [5.41, 5.74) is -0.0347. The molecule has 2 aliphatic heterocycles. The molecule has 0 aromatic carbocycles. The van der Waals surface area contributed by atoms with Crippen molar-refractivity contribution in [1.82, 2.24) is 5.32 Å². The van der Waals surface area contributed by atoms with E-state index in [1.807, 2.05) is 0 Å². The molecule has 1 spiro atoms. The lowest BCUT2D eigenvalue weighted by Gasteiger charge is -2.40. The maximum Gasteiger partial charge on any atom is 0.0941 e. The summed E-state index contributed by atoms with van der Waals surface area (Å²) >= 11 is 0.